The minimum Gasteiger partial charge on any atom is -0.360 e. The first-order valence-electron chi connectivity index (χ1n) is 11.8. The molecule has 0 unspecified atom stereocenters. The number of carbonyl (C=O) groups excluding carboxylic acids is 2. The molecule has 9 nitrogen and oxygen atoms in total. The third-order valence-electron chi connectivity index (χ3n) is 5.89. The Balaban J connectivity index is 1.77. The van der Waals surface area contributed by atoms with Crippen LogP contribution in [-0.2, 0) is 16.1 Å². The number of hydrogen-bond acceptors (Lipinski definition) is 7. The monoisotopic (exact) mass is 506 g/mol. The molecule has 0 radical (unpaired) electrons. The first kappa shape index (κ1) is 26.7. The number of nitrogens with zero attached hydrogens (tertiary/aromatic N) is 3. The summed E-state index contributed by atoms with van der Waals surface area (Å²) in [5, 5.41) is 18.0. The van der Waals surface area contributed by atoms with Crippen LogP contribution >= 0.6 is 11.3 Å². The van der Waals surface area contributed by atoms with Gasteiger partial charge in [-0.15, -0.1) is 17.8 Å². The van der Waals surface area contributed by atoms with Gasteiger partial charge in [0, 0.05) is 24.1 Å². The summed E-state index contributed by atoms with van der Waals surface area (Å²) < 4.78 is 1.98. The fourth-order valence-electron chi connectivity index (χ4n) is 3.87. The molecule has 0 spiro atoms. The summed E-state index contributed by atoms with van der Waals surface area (Å²) in [6.07, 6.45) is 8.92. The van der Waals surface area contributed by atoms with Gasteiger partial charge in [-0.3, -0.25) is 23.9 Å². The number of amides is 2. The van der Waals surface area contributed by atoms with Crippen LogP contribution in [0.3, 0.4) is 0 Å². The minimum absolute atomic E-state index is 0.0175. The molecule has 1 saturated heterocycles. The van der Waals surface area contributed by atoms with Crippen molar-refractivity contribution in [1.29, 1.82) is 5.26 Å². The van der Waals surface area contributed by atoms with Gasteiger partial charge < -0.3 is 16.0 Å². The SMILES string of the molecule is C#CCNC(=O)C(C#N)=c1sc(=CNc2cccc(NC(=O)CN3CCC(C)CC3)c2)c(=O)n1CC. The van der Waals surface area contributed by atoms with E-state index in [-0.39, 0.29) is 28.2 Å². The molecule has 1 fully saturated rings. The highest BCUT2D eigenvalue weighted by Crippen LogP contribution is 2.17. The normalized spacial score (nSPS) is 15.5. The zero-order valence-electron chi connectivity index (χ0n) is 20.5. The fourth-order valence-corrected chi connectivity index (χ4v) is 4.95. The first-order chi connectivity index (χ1) is 17.4. The highest BCUT2D eigenvalue weighted by Gasteiger charge is 2.18. The van der Waals surface area contributed by atoms with Crippen molar-refractivity contribution in [3.8, 4) is 18.4 Å². The van der Waals surface area contributed by atoms with E-state index in [2.05, 4.69) is 33.7 Å². The Hall–Kier alpha value is -3.86. The number of aromatic nitrogens is 1. The lowest BCUT2D eigenvalue weighted by Gasteiger charge is -2.29. The van der Waals surface area contributed by atoms with Crippen LogP contribution in [0.15, 0.2) is 29.1 Å². The molecule has 1 aromatic heterocycles. The lowest BCUT2D eigenvalue weighted by atomic mass is 9.99. The van der Waals surface area contributed by atoms with E-state index in [0.29, 0.717) is 34.9 Å². The van der Waals surface area contributed by atoms with Gasteiger partial charge in [0.1, 0.15) is 15.3 Å². The highest BCUT2D eigenvalue weighted by molar-refractivity contribution is 7.07. The van der Waals surface area contributed by atoms with Crippen molar-refractivity contribution in [2.45, 2.75) is 33.2 Å². The highest BCUT2D eigenvalue weighted by atomic mass is 32.1. The van der Waals surface area contributed by atoms with Crippen LogP contribution in [0.5, 0.6) is 0 Å². The summed E-state index contributed by atoms with van der Waals surface area (Å²) in [5.74, 6) is 2.30. The number of carbonyl (C=O) groups is 2. The maximum atomic E-state index is 12.9. The summed E-state index contributed by atoms with van der Waals surface area (Å²) in [5.41, 5.74) is 0.838. The Morgan fingerprint density at radius 1 is 1.28 bits per heavy atom. The largest absolute Gasteiger partial charge is 0.360 e. The summed E-state index contributed by atoms with van der Waals surface area (Å²) in [6, 6.07) is 9.07. The number of piperidine rings is 1. The van der Waals surface area contributed by atoms with E-state index in [9.17, 15) is 19.6 Å². The summed E-state index contributed by atoms with van der Waals surface area (Å²) in [4.78, 5) is 39.9. The molecule has 2 aromatic rings. The summed E-state index contributed by atoms with van der Waals surface area (Å²) in [7, 11) is 0. The van der Waals surface area contributed by atoms with Crippen LogP contribution in [0.1, 0.15) is 26.7 Å². The molecule has 1 aliphatic rings. The van der Waals surface area contributed by atoms with E-state index in [0.717, 1.165) is 37.3 Å². The van der Waals surface area contributed by atoms with E-state index in [1.807, 2.05) is 12.1 Å². The average molecular weight is 507 g/mol. The van der Waals surface area contributed by atoms with Crippen LogP contribution in [0.2, 0.25) is 0 Å². The van der Waals surface area contributed by atoms with Gasteiger partial charge in [0.05, 0.1) is 13.1 Å². The van der Waals surface area contributed by atoms with E-state index < -0.39 is 5.91 Å². The number of rotatable bonds is 8. The van der Waals surface area contributed by atoms with Crippen LogP contribution in [0, 0.1) is 29.6 Å². The molecule has 2 heterocycles. The molecule has 1 aromatic carbocycles. The number of anilines is 2. The van der Waals surface area contributed by atoms with E-state index in [4.69, 9.17) is 6.42 Å². The van der Waals surface area contributed by atoms with Crippen molar-refractivity contribution in [2.24, 2.45) is 5.92 Å². The van der Waals surface area contributed by atoms with Crippen molar-refractivity contribution >= 4 is 46.3 Å². The van der Waals surface area contributed by atoms with Gasteiger partial charge in [-0.05, 0) is 57.0 Å². The topological polar surface area (TPSA) is 119 Å². The Kier molecular flexibility index (Phi) is 9.46. The molecule has 0 bridgehead atoms. The number of benzene rings is 1. The second-order valence-corrected chi connectivity index (χ2v) is 9.60. The molecule has 10 heteroatoms. The van der Waals surface area contributed by atoms with Gasteiger partial charge in [0.15, 0.2) is 5.57 Å². The van der Waals surface area contributed by atoms with Crippen molar-refractivity contribution < 1.29 is 9.59 Å². The van der Waals surface area contributed by atoms with Crippen molar-refractivity contribution in [2.75, 3.05) is 36.8 Å². The lowest BCUT2D eigenvalue weighted by Crippen LogP contribution is -2.38. The summed E-state index contributed by atoms with van der Waals surface area (Å²) in [6.45, 7) is 6.50. The van der Waals surface area contributed by atoms with Gasteiger partial charge >= 0.3 is 0 Å². The van der Waals surface area contributed by atoms with Crippen molar-refractivity contribution in [3.05, 3.63) is 43.8 Å². The van der Waals surface area contributed by atoms with Crippen molar-refractivity contribution in [1.82, 2.24) is 14.8 Å². The number of likely N-dealkylation sites (tertiary alicyclic amines) is 1. The molecule has 3 rings (SSSR count). The molecule has 3 N–H and O–H groups in total. The molecular formula is C26H30N6O3S. The quantitative estimate of drug-likeness (QED) is 0.457. The Morgan fingerprint density at radius 3 is 2.67 bits per heavy atom. The van der Waals surface area contributed by atoms with Crippen LogP contribution < -0.4 is 30.7 Å². The maximum absolute atomic E-state index is 12.9. The van der Waals surface area contributed by atoms with Gasteiger partial charge in [-0.25, -0.2) is 0 Å². The Labute approximate surface area is 214 Å². The number of hydrogen-bond donors (Lipinski definition) is 3. The second-order valence-electron chi connectivity index (χ2n) is 8.57. The Morgan fingerprint density at radius 2 is 2.00 bits per heavy atom. The predicted octanol–water partition coefficient (Wildman–Crippen LogP) is 0.874. The minimum atomic E-state index is -0.624. The number of terminal acetylenes is 1. The van der Waals surface area contributed by atoms with E-state index >= 15 is 0 Å². The predicted molar refractivity (Wildman–Crippen MR) is 142 cm³/mol. The average Bonchev–Trinajstić information content (AvgIpc) is 3.18. The number of thiazole rings is 1. The van der Waals surface area contributed by atoms with Gasteiger partial charge in [0.2, 0.25) is 5.91 Å². The molecule has 188 valence electrons. The zero-order chi connectivity index (χ0) is 26.1. The van der Waals surface area contributed by atoms with Gasteiger partial charge in [0.25, 0.3) is 11.5 Å². The molecule has 36 heavy (non-hydrogen) atoms. The molecule has 0 aliphatic carbocycles. The van der Waals surface area contributed by atoms with E-state index in [1.54, 1.807) is 25.1 Å². The Bertz CT molecular complexity index is 1370. The van der Waals surface area contributed by atoms with Gasteiger partial charge in [-0.1, -0.05) is 18.9 Å². The first-order valence-corrected chi connectivity index (χ1v) is 12.6. The fraction of sp³-hybridized carbons (Fsp3) is 0.385. The maximum Gasteiger partial charge on any atom is 0.270 e. The standard InChI is InChI=1S/C26H30N6O3S/c1-4-11-28-24(34)21(15-27)26-32(5-2)25(35)22(36-26)16-29-19-7-6-8-20(14-19)30-23(33)17-31-12-9-18(3)10-13-31/h1,6-8,14,16,18,29H,5,9-13,17H2,2-3H3,(H,28,34)(H,30,33). The second kappa shape index (κ2) is 12.7. The van der Waals surface area contributed by atoms with Crippen LogP contribution in [0.25, 0.3) is 11.8 Å². The molecule has 2 amide bonds. The molecule has 0 atom stereocenters. The van der Waals surface area contributed by atoms with Crippen LogP contribution in [-0.4, -0.2) is 47.5 Å². The lowest BCUT2D eigenvalue weighted by molar-refractivity contribution is -0.117. The van der Waals surface area contributed by atoms with E-state index in [1.165, 1.54) is 10.8 Å². The summed E-state index contributed by atoms with van der Waals surface area (Å²) >= 11 is 1.04. The smallest absolute Gasteiger partial charge is 0.270 e. The molecule has 1 aliphatic heterocycles. The van der Waals surface area contributed by atoms with Crippen LogP contribution in [0.4, 0.5) is 11.4 Å². The number of nitriles is 1. The van der Waals surface area contributed by atoms with Gasteiger partial charge in [-0.2, -0.15) is 5.26 Å². The molecule has 0 saturated carbocycles. The molecular weight excluding hydrogens is 476 g/mol. The van der Waals surface area contributed by atoms with Crippen molar-refractivity contribution in [3.63, 3.8) is 0 Å². The number of nitrogens with one attached hydrogen (secondary N) is 3. The zero-order valence-corrected chi connectivity index (χ0v) is 21.3. The third-order valence-corrected chi connectivity index (χ3v) is 7.02. The third kappa shape index (κ3) is 6.85.